The van der Waals surface area contributed by atoms with Crippen molar-refractivity contribution in [1.82, 2.24) is 4.90 Å². The highest BCUT2D eigenvalue weighted by Gasteiger charge is 2.50. The number of carboxylic acid groups (broad SMARTS) is 2. The smallest absolute Gasteiger partial charge is 0.410 e. The Bertz CT molecular complexity index is 873. The summed E-state index contributed by atoms with van der Waals surface area (Å²) in [4.78, 5) is 41.4. The summed E-state index contributed by atoms with van der Waals surface area (Å²) in [6.45, 7) is 16.5. The van der Waals surface area contributed by atoms with Crippen LogP contribution in [-0.2, 0) is 23.6 Å². The highest BCUT2D eigenvalue weighted by Crippen LogP contribution is 2.42. The summed E-state index contributed by atoms with van der Waals surface area (Å²) < 4.78 is 11.9. The Hall–Kier alpha value is -2.60. The largest absolute Gasteiger partial charge is 0.478 e. The highest BCUT2D eigenvalue weighted by atomic mass is 28.4. The molecule has 0 aliphatic heterocycles. The summed E-state index contributed by atoms with van der Waals surface area (Å²) in [7, 11) is -0.465. The molecule has 200 valence electrons. The van der Waals surface area contributed by atoms with Crippen molar-refractivity contribution in [1.29, 1.82) is 0 Å². The number of carboxylic acids is 2. The van der Waals surface area contributed by atoms with Crippen LogP contribution in [0.25, 0.3) is 0 Å². The molecule has 12 heteroatoms. The molecule has 0 heterocycles. The fourth-order valence-electron chi connectivity index (χ4n) is 3.45. The number of nitrogens with two attached hydrogens (primary N) is 1. The Balaban J connectivity index is 3.27. The lowest BCUT2D eigenvalue weighted by atomic mass is 9.93. The van der Waals surface area contributed by atoms with Gasteiger partial charge in [-0.25, -0.2) is 14.4 Å². The molecule has 1 aliphatic rings. The van der Waals surface area contributed by atoms with Crippen molar-refractivity contribution < 1.29 is 38.6 Å². The fourth-order valence-corrected chi connectivity index (χ4v) is 4.53. The molecule has 0 spiro atoms. The third-order valence-electron chi connectivity index (χ3n) is 6.57. The Kier molecular flexibility index (Phi) is 9.55. The first-order chi connectivity index (χ1) is 15.7. The topological polar surface area (TPSA) is 161 Å². The van der Waals surface area contributed by atoms with Gasteiger partial charge in [-0.05, 0) is 64.1 Å². The quantitative estimate of drug-likeness (QED) is 0.104. The van der Waals surface area contributed by atoms with Gasteiger partial charge in [0.1, 0.15) is 11.1 Å². The van der Waals surface area contributed by atoms with E-state index in [1.807, 2.05) is 0 Å². The minimum absolute atomic E-state index is 0.0357. The Morgan fingerprint density at radius 1 is 1.17 bits per heavy atom. The molecule has 0 aromatic heterocycles. The first kappa shape index (κ1) is 30.4. The minimum Gasteiger partial charge on any atom is -0.478 e. The van der Waals surface area contributed by atoms with Crippen molar-refractivity contribution in [2.45, 2.75) is 90.1 Å². The van der Waals surface area contributed by atoms with Crippen LogP contribution in [0.5, 0.6) is 0 Å². The van der Waals surface area contributed by atoms with E-state index < -0.39 is 43.2 Å². The molecule has 0 aromatic carbocycles. The molecule has 0 radical (unpaired) electrons. The van der Waals surface area contributed by atoms with Crippen LogP contribution in [0.4, 0.5) is 4.79 Å². The average Bonchev–Trinajstić information content (AvgIpc) is 3.11. The van der Waals surface area contributed by atoms with E-state index in [0.29, 0.717) is 31.9 Å². The second-order valence-corrected chi connectivity index (χ2v) is 16.3. The predicted octanol–water partition coefficient (Wildman–Crippen LogP) is 3.76. The SMILES string of the molecule is CN(C(=O)OC(C)(C)C)C1(C(N)=NOC(=CC(=O)O)C(=O)O)CCC(CO[Si](C)(C)C(C)(C)C)C1. The van der Waals surface area contributed by atoms with Crippen LogP contribution >= 0.6 is 0 Å². The van der Waals surface area contributed by atoms with Crippen LogP contribution in [0.1, 0.15) is 60.8 Å². The van der Waals surface area contributed by atoms with Crippen molar-refractivity contribution >= 4 is 32.2 Å². The minimum atomic E-state index is -2.00. The normalized spacial score (nSPS) is 22.0. The van der Waals surface area contributed by atoms with Gasteiger partial charge in [0, 0.05) is 13.7 Å². The maximum absolute atomic E-state index is 12.9. The standard InChI is InChI=1S/C23H41N3O8Si/c1-21(2,3)33-20(31)26(7)23(19(24)25-34-16(18(29)30)12-17(27)28)11-10-15(13-23)14-32-35(8,9)22(4,5)6/h12,15H,10-11,13-14H2,1-9H3,(H2,24,25)(H,27,28)(H,29,30). The summed E-state index contributed by atoms with van der Waals surface area (Å²) in [5, 5.41) is 21.8. The summed E-state index contributed by atoms with van der Waals surface area (Å²) in [5.41, 5.74) is 4.41. The molecule has 11 nitrogen and oxygen atoms in total. The van der Waals surface area contributed by atoms with Gasteiger partial charge in [-0.2, -0.15) is 0 Å². The van der Waals surface area contributed by atoms with Gasteiger partial charge in [0.25, 0.3) is 0 Å². The number of ether oxygens (including phenoxy) is 1. The number of hydrogen-bond donors (Lipinski definition) is 3. The number of carbonyl (C=O) groups excluding carboxylic acids is 1. The van der Waals surface area contributed by atoms with Crippen molar-refractivity contribution in [3.63, 3.8) is 0 Å². The lowest BCUT2D eigenvalue weighted by Crippen LogP contribution is -2.57. The van der Waals surface area contributed by atoms with Crippen LogP contribution in [0.3, 0.4) is 0 Å². The maximum atomic E-state index is 12.9. The lowest BCUT2D eigenvalue weighted by Gasteiger charge is -2.39. The molecule has 35 heavy (non-hydrogen) atoms. The molecule has 0 saturated heterocycles. The van der Waals surface area contributed by atoms with Crippen LogP contribution in [0.15, 0.2) is 17.0 Å². The third kappa shape index (κ3) is 8.24. The Labute approximate surface area is 208 Å². The van der Waals surface area contributed by atoms with Gasteiger partial charge in [-0.1, -0.05) is 25.9 Å². The molecule has 2 atom stereocenters. The number of amidine groups is 1. The van der Waals surface area contributed by atoms with Crippen LogP contribution in [0.2, 0.25) is 18.1 Å². The number of rotatable bonds is 9. The zero-order valence-corrected chi connectivity index (χ0v) is 23.3. The fraction of sp³-hybridized carbons (Fsp3) is 0.739. The summed E-state index contributed by atoms with van der Waals surface area (Å²) in [6.07, 6.45) is 1.22. The molecular formula is C23H41N3O8Si. The van der Waals surface area contributed by atoms with Gasteiger partial charge in [-0.15, -0.1) is 0 Å². The van der Waals surface area contributed by atoms with E-state index in [2.05, 4.69) is 39.0 Å². The van der Waals surface area contributed by atoms with Crippen LogP contribution in [-0.4, -0.2) is 72.1 Å². The van der Waals surface area contributed by atoms with Gasteiger partial charge in [-0.3, -0.25) is 4.90 Å². The number of aliphatic carboxylic acids is 2. The van der Waals surface area contributed by atoms with Crippen molar-refractivity contribution in [2.24, 2.45) is 16.8 Å². The van der Waals surface area contributed by atoms with E-state index in [9.17, 15) is 19.5 Å². The van der Waals surface area contributed by atoms with E-state index >= 15 is 0 Å². The highest BCUT2D eigenvalue weighted by molar-refractivity contribution is 6.74. The second kappa shape index (κ2) is 11.0. The lowest BCUT2D eigenvalue weighted by molar-refractivity contribution is -0.138. The molecule has 1 saturated carbocycles. The molecule has 1 amide bonds. The number of amides is 1. The Morgan fingerprint density at radius 3 is 2.20 bits per heavy atom. The summed E-state index contributed by atoms with van der Waals surface area (Å²) >= 11 is 0. The van der Waals surface area contributed by atoms with E-state index in [4.69, 9.17) is 24.8 Å². The predicted molar refractivity (Wildman–Crippen MR) is 133 cm³/mol. The van der Waals surface area contributed by atoms with Gasteiger partial charge in [0.2, 0.25) is 5.76 Å². The van der Waals surface area contributed by atoms with E-state index in [0.717, 1.165) is 0 Å². The van der Waals surface area contributed by atoms with Gasteiger partial charge < -0.3 is 29.9 Å². The maximum Gasteiger partial charge on any atom is 0.410 e. The Morgan fingerprint density at radius 2 is 1.74 bits per heavy atom. The summed E-state index contributed by atoms with van der Waals surface area (Å²) in [5.74, 6) is -4.15. The van der Waals surface area contributed by atoms with Gasteiger partial charge in [0.15, 0.2) is 14.2 Å². The first-order valence-corrected chi connectivity index (χ1v) is 14.4. The zero-order chi connectivity index (χ0) is 27.4. The zero-order valence-electron chi connectivity index (χ0n) is 22.3. The molecular weight excluding hydrogens is 474 g/mol. The summed E-state index contributed by atoms with van der Waals surface area (Å²) in [6, 6.07) is 0. The molecule has 1 fully saturated rings. The number of nitrogens with zero attached hydrogens (tertiary/aromatic N) is 2. The molecule has 4 N–H and O–H groups in total. The number of likely N-dealkylation sites (N-methyl/N-ethyl adjacent to an activating group) is 1. The van der Waals surface area contributed by atoms with Gasteiger partial charge >= 0.3 is 18.0 Å². The molecule has 1 aliphatic carbocycles. The van der Waals surface area contributed by atoms with Crippen LogP contribution < -0.4 is 5.73 Å². The van der Waals surface area contributed by atoms with Crippen molar-refractivity contribution in [3.8, 4) is 0 Å². The molecule has 0 bridgehead atoms. The number of oxime groups is 1. The van der Waals surface area contributed by atoms with Gasteiger partial charge in [0.05, 0.1) is 6.08 Å². The third-order valence-corrected chi connectivity index (χ3v) is 11.1. The van der Waals surface area contributed by atoms with E-state index in [1.54, 1.807) is 27.8 Å². The number of hydrogen-bond acceptors (Lipinski definition) is 7. The van der Waals surface area contributed by atoms with Crippen LogP contribution in [0, 0.1) is 5.92 Å². The first-order valence-electron chi connectivity index (χ1n) is 11.5. The second-order valence-electron chi connectivity index (χ2n) is 11.5. The van der Waals surface area contributed by atoms with Crippen molar-refractivity contribution in [3.05, 3.63) is 11.8 Å². The van der Waals surface area contributed by atoms with Crippen molar-refractivity contribution in [2.75, 3.05) is 13.7 Å². The molecule has 0 aromatic rings. The molecule has 1 rings (SSSR count). The van der Waals surface area contributed by atoms with E-state index in [1.165, 1.54) is 4.90 Å². The van der Waals surface area contributed by atoms with E-state index in [-0.39, 0.29) is 16.8 Å². The monoisotopic (exact) mass is 515 g/mol. The number of carbonyl (C=O) groups is 3. The average molecular weight is 516 g/mol. The molecule has 2 unspecified atom stereocenters.